The lowest BCUT2D eigenvalue weighted by molar-refractivity contribution is -0.116. The van der Waals surface area contributed by atoms with Crippen molar-refractivity contribution in [2.75, 3.05) is 5.32 Å². The van der Waals surface area contributed by atoms with Crippen molar-refractivity contribution < 1.29 is 4.79 Å². The van der Waals surface area contributed by atoms with Crippen molar-refractivity contribution in [3.05, 3.63) is 69.8 Å². The number of benzene rings is 2. The van der Waals surface area contributed by atoms with Crippen molar-refractivity contribution in [2.45, 2.75) is 12.8 Å². The molecule has 5 rings (SSSR count). The van der Waals surface area contributed by atoms with Gasteiger partial charge in [-0.15, -0.1) is 11.3 Å². The van der Waals surface area contributed by atoms with E-state index in [1.165, 1.54) is 11.3 Å². The van der Waals surface area contributed by atoms with Crippen LogP contribution < -0.4 is 5.32 Å². The van der Waals surface area contributed by atoms with Gasteiger partial charge < -0.3 is 5.32 Å². The van der Waals surface area contributed by atoms with E-state index < -0.39 is 0 Å². The second-order valence-electron chi connectivity index (χ2n) is 6.69. The Balaban J connectivity index is 1.28. The van der Waals surface area contributed by atoms with Crippen LogP contribution in [0, 0.1) is 0 Å². The summed E-state index contributed by atoms with van der Waals surface area (Å²) in [5.41, 5.74) is 3.77. The lowest BCUT2D eigenvalue weighted by atomic mass is 10.2. The van der Waals surface area contributed by atoms with Gasteiger partial charge >= 0.3 is 0 Å². The van der Waals surface area contributed by atoms with Crippen molar-refractivity contribution in [1.82, 2.24) is 14.4 Å². The Hall–Kier alpha value is -2.45. The highest BCUT2D eigenvalue weighted by atomic mass is 35.5. The van der Waals surface area contributed by atoms with Crippen LogP contribution in [-0.4, -0.2) is 20.3 Å². The van der Waals surface area contributed by atoms with Gasteiger partial charge in [-0.25, -0.2) is 9.97 Å². The minimum atomic E-state index is -0.0717. The summed E-state index contributed by atoms with van der Waals surface area (Å²) >= 11 is 15.0. The van der Waals surface area contributed by atoms with Gasteiger partial charge in [0.05, 0.1) is 15.9 Å². The molecule has 0 aliphatic carbocycles. The van der Waals surface area contributed by atoms with Crippen molar-refractivity contribution >= 4 is 72.1 Å². The van der Waals surface area contributed by atoms with Gasteiger partial charge in [0.1, 0.15) is 0 Å². The Morgan fingerprint density at radius 1 is 1.07 bits per heavy atom. The molecule has 1 amide bonds. The van der Waals surface area contributed by atoms with E-state index in [0.29, 0.717) is 28.0 Å². The number of carbonyl (C=O) groups excluding carboxylic acids is 1. The molecule has 0 aliphatic rings. The average Bonchev–Trinajstić information content (AvgIpc) is 3.40. The first-order valence-electron chi connectivity index (χ1n) is 9.12. The number of halogens is 2. The van der Waals surface area contributed by atoms with E-state index in [-0.39, 0.29) is 5.91 Å². The maximum atomic E-state index is 12.4. The summed E-state index contributed by atoms with van der Waals surface area (Å²) in [6.07, 6.45) is 2.97. The smallest absolute Gasteiger partial charge is 0.226 e. The second kappa shape index (κ2) is 8.00. The SMILES string of the molecule is O=C(CCc1csc2nc(-c3ccc(Cl)cc3)cn12)Nc1nc2ccc(Cl)cc2s1. The fourth-order valence-corrected chi connectivity index (χ4v) is 5.34. The summed E-state index contributed by atoms with van der Waals surface area (Å²) in [6.45, 7) is 0. The summed E-state index contributed by atoms with van der Waals surface area (Å²) in [5.74, 6) is -0.0717. The Kier molecular flexibility index (Phi) is 5.20. The molecule has 0 aliphatic heterocycles. The number of carbonyl (C=O) groups is 1. The number of fused-ring (bicyclic) bond motifs is 2. The van der Waals surface area contributed by atoms with Crippen LogP contribution in [0.25, 0.3) is 26.4 Å². The summed E-state index contributed by atoms with van der Waals surface area (Å²) < 4.78 is 2.99. The molecule has 30 heavy (non-hydrogen) atoms. The highest BCUT2D eigenvalue weighted by molar-refractivity contribution is 7.22. The molecule has 0 saturated heterocycles. The van der Waals surface area contributed by atoms with Crippen LogP contribution in [0.4, 0.5) is 5.13 Å². The van der Waals surface area contributed by atoms with Gasteiger partial charge in [-0.2, -0.15) is 0 Å². The number of aryl methyl sites for hydroxylation is 1. The van der Waals surface area contributed by atoms with E-state index in [4.69, 9.17) is 23.2 Å². The summed E-state index contributed by atoms with van der Waals surface area (Å²) in [6, 6.07) is 13.1. The number of nitrogens with zero attached hydrogens (tertiary/aromatic N) is 3. The highest BCUT2D eigenvalue weighted by Gasteiger charge is 2.13. The van der Waals surface area contributed by atoms with Gasteiger partial charge in [-0.05, 0) is 36.8 Å². The summed E-state index contributed by atoms with van der Waals surface area (Å²) in [7, 11) is 0. The van der Waals surface area contributed by atoms with Crippen molar-refractivity contribution in [1.29, 1.82) is 0 Å². The fraction of sp³-hybridized carbons (Fsp3) is 0.0952. The maximum absolute atomic E-state index is 12.4. The van der Waals surface area contributed by atoms with E-state index in [0.717, 1.165) is 32.1 Å². The largest absolute Gasteiger partial charge is 0.302 e. The average molecular weight is 473 g/mol. The number of hydrogen-bond donors (Lipinski definition) is 1. The predicted octanol–water partition coefficient (Wildman–Crippen LogP) is 6.55. The van der Waals surface area contributed by atoms with Crippen LogP contribution in [-0.2, 0) is 11.2 Å². The van der Waals surface area contributed by atoms with Gasteiger partial charge in [0.15, 0.2) is 10.1 Å². The van der Waals surface area contributed by atoms with E-state index in [9.17, 15) is 4.79 Å². The zero-order chi connectivity index (χ0) is 20.7. The van der Waals surface area contributed by atoms with Crippen molar-refractivity contribution in [3.8, 4) is 11.3 Å². The molecule has 0 unspecified atom stereocenters. The molecule has 3 aromatic heterocycles. The number of aromatic nitrogens is 3. The molecule has 5 nitrogen and oxygen atoms in total. The Labute approximate surface area is 189 Å². The topological polar surface area (TPSA) is 59.3 Å². The minimum absolute atomic E-state index is 0.0717. The van der Waals surface area contributed by atoms with Crippen LogP contribution in [0.15, 0.2) is 54.0 Å². The quantitative estimate of drug-likeness (QED) is 0.315. The molecule has 5 aromatic rings. The van der Waals surface area contributed by atoms with Crippen LogP contribution in [0.3, 0.4) is 0 Å². The molecule has 0 saturated carbocycles. The molecule has 150 valence electrons. The molecule has 1 N–H and O–H groups in total. The number of anilines is 1. The molecule has 2 aromatic carbocycles. The number of amides is 1. The third-order valence-corrected chi connectivity index (χ3v) is 6.94. The number of hydrogen-bond acceptors (Lipinski definition) is 5. The summed E-state index contributed by atoms with van der Waals surface area (Å²) in [4.78, 5) is 22.5. The normalized spacial score (nSPS) is 11.4. The first kappa shape index (κ1) is 19.5. The van der Waals surface area contributed by atoms with Gasteiger partial charge in [0.2, 0.25) is 5.91 Å². The lowest BCUT2D eigenvalue weighted by Crippen LogP contribution is -2.12. The van der Waals surface area contributed by atoms with Gasteiger partial charge in [-0.3, -0.25) is 9.20 Å². The first-order valence-corrected chi connectivity index (χ1v) is 11.6. The molecule has 0 bridgehead atoms. The van der Waals surface area contributed by atoms with E-state index in [1.807, 2.05) is 52.4 Å². The third-order valence-electron chi connectivity index (χ3n) is 4.63. The van der Waals surface area contributed by atoms with E-state index in [2.05, 4.69) is 15.3 Å². The number of thiazole rings is 2. The second-order valence-corrected chi connectivity index (χ2v) is 9.43. The highest BCUT2D eigenvalue weighted by Crippen LogP contribution is 2.29. The number of nitrogens with one attached hydrogen (secondary N) is 1. The van der Waals surface area contributed by atoms with Crippen LogP contribution in [0.5, 0.6) is 0 Å². The molecule has 9 heteroatoms. The number of rotatable bonds is 5. The molecule has 0 radical (unpaired) electrons. The predicted molar refractivity (Wildman–Crippen MR) is 125 cm³/mol. The molecule has 0 spiro atoms. The monoisotopic (exact) mass is 472 g/mol. The van der Waals surface area contributed by atoms with Crippen LogP contribution >= 0.6 is 45.9 Å². The Morgan fingerprint density at radius 3 is 2.70 bits per heavy atom. The third kappa shape index (κ3) is 3.94. The van der Waals surface area contributed by atoms with E-state index in [1.54, 1.807) is 17.4 Å². The first-order chi connectivity index (χ1) is 14.5. The lowest BCUT2D eigenvalue weighted by Gasteiger charge is -2.01. The van der Waals surface area contributed by atoms with Gasteiger partial charge in [0, 0.05) is 39.3 Å². The number of imidazole rings is 1. The van der Waals surface area contributed by atoms with E-state index >= 15 is 0 Å². The Bertz CT molecular complexity index is 1370. The molecular formula is C21H14Cl2N4OS2. The molecular weight excluding hydrogens is 459 g/mol. The molecule has 3 heterocycles. The minimum Gasteiger partial charge on any atom is -0.302 e. The van der Waals surface area contributed by atoms with Crippen LogP contribution in [0.1, 0.15) is 12.1 Å². The zero-order valence-corrected chi connectivity index (χ0v) is 18.6. The van der Waals surface area contributed by atoms with Crippen LogP contribution in [0.2, 0.25) is 10.0 Å². The Morgan fingerprint density at radius 2 is 1.87 bits per heavy atom. The van der Waals surface area contributed by atoms with Crippen molar-refractivity contribution in [3.63, 3.8) is 0 Å². The standard InChI is InChI=1S/C21H14Cl2N4OS2/c22-13-3-1-12(2-4-13)17-10-27-15(11-29-21(27)25-17)6-8-19(28)26-20-24-16-7-5-14(23)9-18(16)30-20/h1-5,7,9-11H,6,8H2,(H,24,26,28). The van der Waals surface area contributed by atoms with Crippen molar-refractivity contribution in [2.24, 2.45) is 0 Å². The van der Waals surface area contributed by atoms with Gasteiger partial charge in [0.25, 0.3) is 0 Å². The fourth-order valence-electron chi connectivity index (χ4n) is 3.14. The molecule has 0 fully saturated rings. The van der Waals surface area contributed by atoms with Gasteiger partial charge in [-0.1, -0.05) is 46.7 Å². The maximum Gasteiger partial charge on any atom is 0.226 e. The zero-order valence-electron chi connectivity index (χ0n) is 15.4. The summed E-state index contributed by atoms with van der Waals surface area (Å²) in [5, 5.41) is 6.87. The molecule has 0 atom stereocenters.